The van der Waals surface area contributed by atoms with E-state index in [9.17, 15) is 15.0 Å². The fourth-order valence-electron chi connectivity index (χ4n) is 5.36. The van der Waals surface area contributed by atoms with Crippen LogP contribution >= 0.6 is 0 Å². The zero-order valence-electron chi connectivity index (χ0n) is 19.0. The highest BCUT2D eigenvalue weighted by atomic mass is 16.5. The SMILES string of the molecule is Nc1nc2c(nc(Nc3ccc4ccc5cccc6ccc3c4c56)n2C2CC(O)C(CO)O2)c(=O)[nH]1. The molecule has 4 aromatic carbocycles. The number of benzene rings is 4. The van der Waals surface area contributed by atoms with Crippen molar-refractivity contribution < 1.29 is 14.9 Å². The average Bonchev–Trinajstić information content (AvgIpc) is 3.42. The van der Waals surface area contributed by atoms with Crippen molar-refractivity contribution in [2.75, 3.05) is 17.7 Å². The third-order valence-corrected chi connectivity index (χ3v) is 7.02. The highest BCUT2D eigenvalue weighted by molar-refractivity contribution is 6.25. The summed E-state index contributed by atoms with van der Waals surface area (Å²) in [5, 5.41) is 30.1. The molecule has 0 amide bonds. The predicted octanol–water partition coefficient (Wildman–Crippen LogP) is 2.98. The minimum Gasteiger partial charge on any atom is -0.394 e. The maximum atomic E-state index is 12.6. The third kappa shape index (κ3) is 2.99. The van der Waals surface area contributed by atoms with Crippen LogP contribution in [-0.4, -0.2) is 48.5 Å². The number of nitrogens with one attached hydrogen (secondary N) is 2. The van der Waals surface area contributed by atoms with Crippen LogP contribution in [0.3, 0.4) is 0 Å². The van der Waals surface area contributed by atoms with E-state index < -0.39 is 24.0 Å². The standard InChI is InChI=1S/C26H22N6O4/c27-25-30-23-22(24(35)31-25)29-26(32(23)19-10-17(34)18(11-33)36-19)28-16-9-7-14-5-4-12-2-1-3-13-6-8-15(16)21(14)20(12)13/h1-9,17-19,33-34H,10-11H2,(H,28,29)(H3,27,30,31,35). The fourth-order valence-corrected chi connectivity index (χ4v) is 5.36. The Kier molecular flexibility index (Phi) is 4.46. The van der Waals surface area contributed by atoms with Gasteiger partial charge in [-0.25, -0.2) is 4.98 Å². The number of anilines is 3. The van der Waals surface area contributed by atoms with E-state index in [1.54, 1.807) is 4.57 Å². The molecule has 6 N–H and O–H groups in total. The number of imidazole rings is 1. The van der Waals surface area contributed by atoms with Crippen molar-refractivity contribution in [2.45, 2.75) is 24.9 Å². The van der Waals surface area contributed by atoms with E-state index in [0.29, 0.717) is 5.95 Å². The van der Waals surface area contributed by atoms with Gasteiger partial charge in [-0.05, 0) is 33.0 Å². The molecule has 3 heterocycles. The molecule has 6 aromatic rings. The lowest BCUT2D eigenvalue weighted by Crippen LogP contribution is -2.24. The van der Waals surface area contributed by atoms with Crippen molar-refractivity contribution in [1.29, 1.82) is 0 Å². The first-order chi connectivity index (χ1) is 17.5. The number of nitrogens with two attached hydrogens (primary N) is 1. The van der Waals surface area contributed by atoms with Gasteiger partial charge in [-0.1, -0.05) is 48.5 Å². The first-order valence-corrected chi connectivity index (χ1v) is 11.7. The maximum absolute atomic E-state index is 12.6. The molecule has 3 unspecified atom stereocenters. The van der Waals surface area contributed by atoms with Crippen LogP contribution in [0.2, 0.25) is 0 Å². The molecule has 0 saturated carbocycles. The summed E-state index contributed by atoms with van der Waals surface area (Å²) >= 11 is 0. The number of rotatable bonds is 4. The molecular formula is C26H22N6O4. The average molecular weight is 483 g/mol. The van der Waals surface area contributed by atoms with Crippen LogP contribution in [0.1, 0.15) is 12.6 Å². The van der Waals surface area contributed by atoms with Crippen LogP contribution in [0.25, 0.3) is 43.5 Å². The lowest BCUT2D eigenvalue weighted by atomic mass is 9.93. The van der Waals surface area contributed by atoms with Gasteiger partial charge in [0.1, 0.15) is 12.3 Å². The van der Waals surface area contributed by atoms with Crippen LogP contribution in [-0.2, 0) is 4.74 Å². The molecule has 7 rings (SSSR count). The smallest absolute Gasteiger partial charge is 0.280 e. The Morgan fingerprint density at radius 2 is 1.78 bits per heavy atom. The van der Waals surface area contributed by atoms with Gasteiger partial charge in [0.15, 0.2) is 11.2 Å². The van der Waals surface area contributed by atoms with E-state index in [4.69, 9.17) is 10.5 Å². The molecular weight excluding hydrogens is 460 g/mol. The molecule has 36 heavy (non-hydrogen) atoms. The molecule has 3 atom stereocenters. The number of fused-ring (bicyclic) bond motifs is 1. The van der Waals surface area contributed by atoms with Crippen LogP contribution in [0.15, 0.2) is 59.4 Å². The Labute approximate surface area is 203 Å². The molecule has 1 aliphatic rings. The summed E-state index contributed by atoms with van der Waals surface area (Å²) in [7, 11) is 0. The Bertz CT molecular complexity index is 1830. The molecule has 0 aliphatic carbocycles. The number of aliphatic hydroxyl groups is 2. The Morgan fingerprint density at radius 3 is 2.53 bits per heavy atom. The number of ether oxygens (including phenoxy) is 1. The van der Waals surface area contributed by atoms with Gasteiger partial charge in [0, 0.05) is 17.5 Å². The van der Waals surface area contributed by atoms with Crippen molar-refractivity contribution in [3.63, 3.8) is 0 Å². The lowest BCUT2D eigenvalue weighted by molar-refractivity contribution is -0.0425. The van der Waals surface area contributed by atoms with Gasteiger partial charge in [-0.2, -0.15) is 4.98 Å². The number of nitrogen functional groups attached to an aromatic ring is 1. The second-order valence-corrected chi connectivity index (χ2v) is 9.14. The molecule has 10 nitrogen and oxygen atoms in total. The van der Waals surface area contributed by atoms with E-state index in [1.165, 1.54) is 5.39 Å². The second-order valence-electron chi connectivity index (χ2n) is 9.14. The van der Waals surface area contributed by atoms with Crippen molar-refractivity contribution in [3.8, 4) is 0 Å². The minimum absolute atomic E-state index is 0.0554. The molecule has 0 bridgehead atoms. The third-order valence-electron chi connectivity index (χ3n) is 7.02. The molecule has 1 fully saturated rings. The summed E-state index contributed by atoms with van der Waals surface area (Å²) in [6.45, 7) is -0.335. The Morgan fingerprint density at radius 1 is 1.06 bits per heavy atom. The Balaban J connectivity index is 1.44. The van der Waals surface area contributed by atoms with Gasteiger partial charge in [0.2, 0.25) is 11.9 Å². The topological polar surface area (TPSA) is 151 Å². The number of H-pyrrole nitrogens is 1. The quantitative estimate of drug-likeness (QED) is 0.241. The predicted molar refractivity (Wildman–Crippen MR) is 138 cm³/mol. The molecule has 0 radical (unpaired) electrons. The van der Waals surface area contributed by atoms with Crippen molar-refractivity contribution in [1.82, 2.24) is 19.5 Å². The van der Waals surface area contributed by atoms with Gasteiger partial charge < -0.3 is 26.0 Å². The molecule has 2 aromatic heterocycles. The molecule has 1 aliphatic heterocycles. The first kappa shape index (κ1) is 21.1. The number of aromatic nitrogens is 4. The van der Waals surface area contributed by atoms with Crippen molar-refractivity contribution >= 4 is 61.1 Å². The van der Waals surface area contributed by atoms with E-state index in [0.717, 1.165) is 32.6 Å². The fraction of sp³-hybridized carbons (Fsp3) is 0.192. The van der Waals surface area contributed by atoms with Gasteiger partial charge in [0.05, 0.1) is 12.7 Å². The zero-order chi connectivity index (χ0) is 24.6. The summed E-state index contributed by atoms with van der Waals surface area (Å²) in [5.74, 6) is 0.264. The van der Waals surface area contributed by atoms with Gasteiger partial charge in [-0.15, -0.1) is 0 Å². The summed E-state index contributed by atoms with van der Waals surface area (Å²) in [5.41, 5.74) is 6.47. The van der Waals surface area contributed by atoms with Gasteiger partial charge in [0.25, 0.3) is 5.56 Å². The van der Waals surface area contributed by atoms with Crippen LogP contribution in [0.5, 0.6) is 0 Å². The highest BCUT2D eigenvalue weighted by Gasteiger charge is 2.37. The van der Waals surface area contributed by atoms with Crippen LogP contribution in [0.4, 0.5) is 17.6 Å². The van der Waals surface area contributed by atoms with E-state index in [-0.39, 0.29) is 30.1 Å². The summed E-state index contributed by atoms with van der Waals surface area (Å²) in [6.07, 6.45) is -2.15. The molecule has 1 saturated heterocycles. The largest absolute Gasteiger partial charge is 0.394 e. The zero-order valence-corrected chi connectivity index (χ0v) is 19.0. The molecule has 180 valence electrons. The number of aliphatic hydroxyl groups excluding tert-OH is 2. The Hall–Kier alpha value is -4.25. The van der Waals surface area contributed by atoms with E-state index in [1.807, 2.05) is 12.1 Å². The molecule has 0 spiro atoms. The number of hydrogen-bond acceptors (Lipinski definition) is 8. The van der Waals surface area contributed by atoms with Gasteiger partial charge in [-0.3, -0.25) is 14.3 Å². The maximum Gasteiger partial charge on any atom is 0.280 e. The minimum atomic E-state index is -0.876. The summed E-state index contributed by atoms with van der Waals surface area (Å²) in [6, 6.07) is 18.7. The van der Waals surface area contributed by atoms with Crippen LogP contribution < -0.4 is 16.6 Å². The van der Waals surface area contributed by atoms with Gasteiger partial charge >= 0.3 is 0 Å². The molecule has 10 heteroatoms. The lowest BCUT2D eigenvalue weighted by Gasteiger charge is -2.19. The second kappa shape index (κ2) is 7.62. The summed E-state index contributed by atoms with van der Waals surface area (Å²) < 4.78 is 7.53. The number of hydrogen-bond donors (Lipinski definition) is 5. The van der Waals surface area contributed by atoms with E-state index in [2.05, 4.69) is 62.7 Å². The monoisotopic (exact) mass is 482 g/mol. The first-order valence-electron chi connectivity index (χ1n) is 11.7. The summed E-state index contributed by atoms with van der Waals surface area (Å²) in [4.78, 5) is 24.0. The van der Waals surface area contributed by atoms with Crippen molar-refractivity contribution in [2.24, 2.45) is 0 Å². The number of aromatic amines is 1. The van der Waals surface area contributed by atoms with Crippen molar-refractivity contribution in [3.05, 3.63) is 65.0 Å². The normalized spacial score (nSPS) is 20.3. The van der Waals surface area contributed by atoms with Crippen LogP contribution in [0, 0.1) is 0 Å². The van der Waals surface area contributed by atoms with E-state index >= 15 is 0 Å². The highest BCUT2D eigenvalue weighted by Crippen LogP contribution is 2.40. The number of nitrogens with zero attached hydrogens (tertiary/aromatic N) is 3.